The number of rotatable bonds is 4. The largest absolute Gasteiger partial charge is 0.241 e. The predicted octanol–water partition coefficient (Wildman–Crippen LogP) is 4.01. The predicted molar refractivity (Wildman–Crippen MR) is 66.4 cm³/mol. The van der Waals surface area contributed by atoms with Gasteiger partial charge in [0.15, 0.2) is 0 Å². The maximum absolute atomic E-state index is 4.59. The number of aromatic nitrogens is 1. The molecule has 0 amide bonds. The van der Waals surface area contributed by atoms with Crippen LogP contribution in [0.15, 0.2) is 24.3 Å². The van der Waals surface area contributed by atoms with Gasteiger partial charge in [-0.3, -0.25) is 0 Å². The molecule has 2 rings (SSSR count). The zero-order chi connectivity index (χ0) is 9.80. The Hall–Kier alpha value is -0.410. The lowest BCUT2D eigenvalue weighted by molar-refractivity contribution is 0.802. The van der Waals surface area contributed by atoms with E-state index in [2.05, 4.69) is 39.1 Å². The normalized spacial score (nSPS) is 10.9. The van der Waals surface area contributed by atoms with Gasteiger partial charge in [-0.05, 0) is 31.4 Å². The molecule has 0 saturated carbocycles. The molecule has 0 saturated heterocycles. The highest BCUT2D eigenvalue weighted by Crippen LogP contribution is 2.22. The van der Waals surface area contributed by atoms with Gasteiger partial charge in [-0.15, -0.1) is 11.3 Å². The lowest BCUT2D eigenvalue weighted by Crippen LogP contribution is -1.83. The molecule has 0 fully saturated rings. The first-order valence-electron chi connectivity index (χ1n) is 4.80. The Balaban J connectivity index is 2.11. The highest BCUT2D eigenvalue weighted by atomic mass is 79.9. The van der Waals surface area contributed by atoms with E-state index < -0.39 is 0 Å². The van der Waals surface area contributed by atoms with Gasteiger partial charge < -0.3 is 0 Å². The molecule has 0 unspecified atom stereocenters. The van der Waals surface area contributed by atoms with E-state index in [1.807, 2.05) is 17.4 Å². The highest BCUT2D eigenvalue weighted by Gasteiger charge is 2.01. The van der Waals surface area contributed by atoms with E-state index in [-0.39, 0.29) is 0 Å². The number of aryl methyl sites for hydroxylation is 1. The number of unbranched alkanes of at least 4 members (excludes halogenated alkanes) is 1. The van der Waals surface area contributed by atoms with Gasteiger partial charge in [0.2, 0.25) is 0 Å². The molecule has 0 N–H and O–H groups in total. The minimum atomic E-state index is 1.10. The lowest BCUT2D eigenvalue weighted by atomic mass is 10.3. The molecule has 0 atom stereocenters. The molecule has 0 spiro atoms. The SMILES string of the molecule is BrCCCCc1nc2ccccc2s1. The Morgan fingerprint density at radius 1 is 1.21 bits per heavy atom. The van der Waals surface area contributed by atoms with E-state index in [0.29, 0.717) is 0 Å². The molecule has 0 aliphatic heterocycles. The van der Waals surface area contributed by atoms with Crippen LogP contribution in [0.5, 0.6) is 0 Å². The summed E-state index contributed by atoms with van der Waals surface area (Å²) in [7, 11) is 0. The van der Waals surface area contributed by atoms with E-state index in [1.165, 1.54) is 22.5 Å². The molecular weight excluding hydrogens is 258 g/mol. The number of hydrogen-bond donors (Lipinski definition) is 0. The van der Waals surface area contributed by atoms with Gasteiger partial charge in [-0.2, -0.15) is 0 Å². The number of para-hydroxylation sites is 1. The van der Waals surface area contributed by atoms with Crippen molar-refractivity contribution in [3.8, 4) is 0 Å². The lowest BCUT2D eigenvalue weighted by Gasteiger charge is -1.92. The summed E-state index contributed by atoms with van der Waals surface area (Å²) >= 11 is 5.26. The van der Waals surface area contributed by atoms with Crippen LogP contribution in [-0.2, 0) is 6.42 Å². The zero-order valence-corrected chi connectivity index (χ0v) is 10.3. The van der Waals surface area contributed by atoms with Crippen molar-refractivity contribution in [3.05, 3.63) is 29.3 Å². The molecule has 1 aromatic carbocycles. The molecule has 2 aromatic rings. The van der Waals surface area contributed by atoms with Gasteiger partial charge in [-0.25, -0.2) is 4.98 Å². The van der Waals surface area contributed by atoms with E-state index in [4.69, 9.17) is 0 Å². The molecule has 0 radical (unpaired) electrons. The average molecular weight is 270 g/mol. The second-order valence-corrected chi connectivity index (χ2v) is 5.13. The minimum absolute atomic E-state index is 1.10. The number of alkyl halides is 1. The van der Waals surface area contributed by atoms with Gasteiger partial charge in [0.25, 0.3) is 0 Å². The summed E-state index contributed by atoms with van der Waals surface area (Å²) in [5.74, 6) is 0. The summed E-state index contributed by atoms with van der Waals surface area (Å²) < 4.78 is 1.31. The van der Waals surface area contributed by atoms with Crippen molar-refractivity contribution in [2.75, 3.05) is 5.33 Å². The van der Waals surface area contributed by atoms with Gasteiger partial charge in [0.1, 0.15) is 0 Å². The first-order chi connectivity index (χ1) is 6.90. The molecule has 1 aromatic heterocycles. The third-order valence-electron chi connectivity index (χ3n) is 2.11. The van der Waals surface area contributed by atoms with E-state index in [0.717, 1.165) is 17.3 Å². The van der Waals surface area contributed by atoms with Gasteiger partial charge >= 0.3 is 0 Å². The molecule has 0 aliphatic rings. The van der Waals surface area contributed by atoms with Crippen LogP contribution in [0.1, 0.15) is 17.8 Å². The summed E-state index contributed by atoms with van der Waals surface area (Å²) in [6.07, 6.45) is 3.58. The fourth-order valence-electron chi connectivity index (χ4n) is 1.40. The topological polar surface area (TPSA) is 12.9 Å². The summed E-state index contributed by atoms with van der Waals surface area (Å²) in [5.41, 5.74) is 1.14. The van der Waals surface area contributed by atoms with E-state index in [9.17, 15) is 0 Å². The van der Waals surface area contributed by atoms with Crippen LogP contribution in [0.25, 0.3) is 10.2 Å². The molecule has 74 valence electrons. The van der Waals surface area contributed by atoms with Crippen LogP contribution in [0, 0.1) is 0 Å². The van der Waals surface area contributed by atoms with Crippen LogP contribution in [0.2, 0.25) is 0 Å². The van der Waals surface area contributed by atoms with Crippen molar-refractivity contribution in [2.24, 2.45) is 0 Å². The number of thiazole rings is 1. The molecule has 1 nitrogen and oxygen atoms in total. The third kappa shape index (κ3) is 2.34. The molecule has 1 heterocycles. The van der Waals surface area contributed by atoms with E-state index >= 15 is 0 Å². The summed E-state index contributed by atoms with van der Waals surface area (Å²) in [5, 5.41) is 2.37. The summed E-state index contributed by atoms with van der Waals surface area (Å²) in [4.78, 5) is 4.59. The maximum Gasteiger partial charge on any atom is 0.0938 e. The summed E-state index contributed by atoms with van der Waals surface area (Å²) in [6, 6.07) is 8.34. The van der Waals surface area contributed by atoms with Crippen molar-refractivity contribution >= 4 is 37.5 Å². The van der Waals surface area contributed by atoms with Crippen LogP contribution in [0.4, 0.5) is 0 Å². The van der Waals surface area contributed by atoms with Crippen LogP contribution in [0.3, 0.4) is 0 Å². The number of nitrogens with zero attached hydrogens (tertiary/aromatic N) is 1. The maximum atomic E-state index is 4.59. The van der Waals surface area contributed by atoms with Gasteiger partial charge in [0, 0.05) is 5.33 Å². The van der Waals surface area contributed by atoms with Gasteiger partial charge in [-0.1, -0.05) is 28.1 Å². The first-order valence-corrected chi connectivity index (χ1v) is 6.74. The Bertz CT molecular complexity index is 377. The standard InChI is InChI=1S/C11H12BrNS/c12-8-4-3-7-11-13-9-5-1-2-6-10(9)14-11/h1-2,5-6H,3-4,7-8H2. The van der Waals surface area contributed by atoms with E-state index in [1.54, 1.807) is 0 Å². The molecule has 0 aliphatic carbocycles. The molecular formula is C11H12BrNS. The smallest absolute Gasteiger partial charge is 0.0938 e. The fraction of sp³-hybridized carbons (Fsp3) is 0.364. The number of halogens is 1. The second kappa shape index (κ2) is 4.89. The minimum Gasteiger partial charge on any atom is -0.241 e. The number of fused-ring (bicyclic) bond motifs is 1. The van der Waals surface area contributed by atoms with Gasteiger partial charge in [0.05, 0.1) is 15.2 Å². The third-order valence-corrected chi connectivity index (χ3v) is 3.77. The van der Waals surface area contributed by atoms with Crippen molar-refractivity contribution in [2.45, 2.75) is 19.3 Å². The Kier molecular flexibility index (Phi) is 3.54. The molecule has 0 bridgehead atoms. The Morgan fingerprint density at radius 3 is 2.86 bits per heavy atom. The Morgan fingerprint density at radius 2 is 2.07 bits per heavy atom. The fourth-order valence-corrected chi connectivity index (χ4v) is 2.80. The van der Waals surface area contributed by atoms with Crippen molar-refractivity contribution in [1.29, 1.82) is 0 Å². The number of hydrogen-bond acceptors (Lipinski definition) is 2. The van der Waals surface area contributed by atoms with Crippen molar-refractivity contribution < 1.29 is 0 Å². The Labute approximate surface area is 96.3 Å². The average Bonchev–Trinajstić information content (AvgIpc) is 2.60. The van der Waals surface area contributed by atoms with Crippen molar-refractivity contribution in [3.63, 3.8) is 0 Å². The first kappa shape index (κ1) is 10.1. The number of benzene rings is 1. The molecule has 3 heteroatoms. The van der Waals surface area contributed by atoms with Crippen LogP contribution in [-0.4, -0.2) is 10.3 Å². The molecule has 14 heavy (non-hydrogen) atoms. The zero-order valence-electron chi connectivity index (χ0n) is 7.87. The monoisotopic (exact) mass is 269 g/mol. The second-order valence-electron chi connectivity index (χ2n) is 3.22. The van der Waals surface area contributed by atoms with Crippen LogP contribution < -0.4 is 0 Å². The quantitative estimate of drug-likeness (QED) is 0.604. The van der Waals surface area contributed by atoms with Crippen molar-refractivity contribution in [1.82, 2.24) is 4.98 Å². The summed E-state index contributed by atoms with van der Waals surface area (Å²) in [6.45, 7) is 0. The van der Waals surface area contributed by atoms with Crippen LogP contribution >= 0.6 is 27.3 Å². The highest BCUT2D eigenvalue weighted by molar-refractivity contribution is 9.09.